The van der Waals surface area contributed by atoms with Gasteiger partial charge in [-0.2, -0.15) is 0 Å². The molecular formula is C15H15N3OS. The fraction of sp³-hybridized carbons (Fsp3) is 0.133. The van der Waals surface area contributed by atoms with Gasteiger partial charge < -0.3 is 15.7 Å². The van der Waals surface area contributed by atoms with Crippen molar-refractivity contribution in [1.29, 1.82) is 0 Å². The maximum atomic E-state index is 11.3. The van der Waals surface area contributed by atoms with Crippen molar-refractivity contribution in [2.24, 2.45) is 5.73 Å². The van der Waals surface area contributed by atoms with Crippen molar-refractivity contribution in [1.82, 2.24) is 9.97 Å². The first-order valence-corrected chi connectivity index (χ1v) is 7.51. The molecule has 2 aromatic carbocycles. The second-order valence-electron chi connectivity index (χ2n) is 4.63. The number of hydrogen-bond acceptors (Lipinski definition) is 3. The lowest BCUT2D eigenvalue weighted by Crippen LogP contribution is -2.11. The smallest absolute Gasteiger partial charge is 0.320 e. The molecule has 3 aromatic rings. The van der Waals surface area contributed by atoms with E-state index in [0.29, 0.717) is 0 Å². The number of fused-ring (bicyclic) bond motifs is 1. The van der Waals surface area contributed by atoms with Crippen LogP contribution in [0.3, 0.4) is 0 Å². The van der Waals surface area contributed by atoms with Crippen LogP contribution in [0.15, 0.2) is 52.2 Å². The Labute approximate surface area is 120 Å². The Hall–Kier alpha value is -1.98. The monoisotopic (exact) mass is 285 g/mol. The normalized spacial score (nSPS) is 12.7. The number of aromatic nitrogens is 2. The second kappa shape index (κ2) is 5.19. The third kappa shape index (κ3) is 2.37. The minimum atomic E-state index is -0.200. The summed E-state index contributed by atoms with van der Waals surface area (Å²) in [6.45, 7) is 0. The van der Waals surface area contributed by atoms with Crippen molar-refractivity contribution in [2.75, 3.05) is 6.26 Å². The highest BCUT2D eigenvalue weighted by atomic mass is 32.2. The highest BCUT2D eigenvalue weighted by Gasteiger charge is 2.10. The van der Waals surface area contributed by atoms with Crippen LogP contribution in [0.4, 0.5) is 0 Å². The average molecular weight is 285 g/mol. The lowest BCUT2D eigenvalue weighted by Gasteiger charge is -2.13. The van der Waals surface area contributed by atoms with E-state index in [9.17, 15) is 4.79 Å². The van der Waals surface area contributed by atoms with E-state index in [0.717, 1.165) is 22.2 Å². The molecule has 20 heavy (non-hydrogen) atoms. The van der Waals surface area contributed by atoms with Crippen molar-refractivity contribution in [2.45, 2.75) is 10.9 Å². The van der Waals surface area contributed by atoms with E-state index >= 15 is 0 Å². The number of nitrogens with two attached hydrogens (primary N) is 1. The van der Waals surface area contributed by atoms with Gasteiger partial charge in [0.25, 0.3) is 0 Å². The molecule has 0 radical (unpaired) electrons. The topological polar surface area (TPSA) is 74.7 Å². The van der Waals surface area contributed by atoms with Gasteiger partial charge in [-0.3, -0.25) is 0 Å². The van der Waals surface area contributed by atoms with Crippen molar-refractivity contribution in [3.63, 3.8) is 0 Å². The van der Waals surface area contributed by atoms with E-state index in [1.807, 2.05) is 36.6 Å². The summed E-state index contributed by atoms with van der Waals surface area (Å²) >= 11 is 1.70. The van der Waals surface area contributed by atoms with E-state index < -0.39 is 0 Å². The molecule has 4 nitrogen and oxygen atoms in total. The molecule has 4 N–H and O–H groups in total. The largest absolute Gasteiger partial charge is 0.323 e. The van der Waals surface area contributed by atoms with Crippen LogP contribution in [0, 0.1) is 0 Å². The van der Waals surface area contributed by atoms with Crippen molar-refractivity contribution in [3.8, 4) is 0 Å². The van der Waals surface area contributed by atoms with Crippen LogP contribution in [-0.2, 0) is 0 Å². The van der Waals surface area contributed by atoms with Gasteiger partial charge in [-0.15, -0.1) is 11.8 Å². The van der Waals surface area contributed by atoms with Gasteiger partial charge >= 0.3 is 5.69 Å². The second-order valence-corrected chi connectivity index (χ2v) is 5.51. The minimum Gasteiger partial charge on any atom is -0.320 e. The minimum absolute atomic E-state index is 0.199. The highest BCUT2D eigenvalue weighted by molar-refractivity contribution is 7.98. The Kier molecular flexibility index (Phi) is 3.38. The van der Waals surface area contributed by atoms with Gasteiger partial charge in [-0.05, 0) is 41.6 Å². The molecule has 0 aliphatic carbocycles. The summed E-state index contributed by atoms with van der Waals surface area (Å²) < 4.78 is 0. The zero-order valence-electron chi connectivity index (χ0n) is 11.0. The summed E-state index contributed by atoms with van der Waals surface area (Å²) in [7, 11) is 0. The summed E-state index contributed by atoms with van der Waals surface area (Å²) in [6, 6.07) is 13.8. The molecule has 1 heterocycles. The molecule has 0 saturated heterocycles. The summed E-state index contributed by atoms with van der Waals surface area (Å²) in [6.07, 6.45) is 2.05. The predicted molar refractivity (Wildman–Crippen MR) is 83.2 cm³/mol. The summed E-state index contributed by atoms with van der Waals surface area (Å²) in [5.74, 6) is 0. The van der Waals surface area contributed by atoms with Crippen molar-refractivity contribution < 1.29 is 0 Å². The number of nitrogens with one attached hydrogen (secondary N) is 2. The maximum Gasteiger partial charge on any atom is 0.323 e. The van der Waals surface area contributed by atoms with E-state index in [-0.39, 0.29) is 11.7 Å². The number of aromatic amines is 2. The quantitative estimate of drug-likeness (QED) is 0.648. The molecule has 1 unspecified atom stereocenters. The fourth-order valence-electron chi connectivity index (χ4n) is 2.25. The molecule has 5 heteroatoms. The molecule has 0 bridgehead atoms. The Morgan fingerprint density at radius 3 is 2.35 bits per heavy atom. The fourth-order valence-corrected chi connectivity index (χ4v) is 2.66. The predicted octanol–water partition coefficient (Wildman–Crippen LogP) is 2.63. The van der Waals surface area contributed by atoms with Crippen LogP contribution in [0.2, 0.25) is 0 Å². The molecule has 0 spiro atoms. The first-order valence-electron chi connectivity index (χ1n) is 6.29. The third-order valence-electron chi connectivity index (χ3n) is 3.37. The first kappa shape index (κ1) is 13.0. The van der Waals surface area contributed by atoms with Crippen LogP contribution >= 0.6 is 11.8 Å². The van der Waals surface area contributed by atoms with E-state index in [4.69, 9.17) is 5.73 Å². The molecule has 0 aliphatic heterocycles. The Morgan fingerprint density at radius 1 is 1.00 bits per heavy atom. The lowest BCUT2D eigenvalue weighted by atomic mass is 9.99. The SMILES string of the molecule is CSc1ccc(C(N)c2ccc3[nH]c(=O)[nH]c3c2)cc1. The highest BCUT2D eigenvalue weighted by Crippen LogP contribution is 2.24. The third-order valence-corrected chi connectivity index (χ3v) is 4.12. The Balaban J connectivity index is 1.97. The average Bonchev–Trinajstić information content (AvgIpc) is 2.85. The summed E-state index contributed by atoms with van der Waals surface area (Å²) in [4.78, 5) is 18.0. The van der Waals surface area contributed by atoms with Gasteiger partial charge in [0.15, 0.2) is 0 Å². The summed E-state index contributed by atoms with van der Waals surface area (Å²) in [5.41, 5.74) is 9.71. The van der Waals surface area contributed by atoms with Gasteiger partial charge in [0.1, 0.15) is 0 Å². The number of imidazole rings is 1. The zero-order chi connectivity index (χ0) is 14.1. The van der Waals surface area contributed by atoms with Crippen LogP contribution < -0.4 is 11.4 Å². The number of H-pyrrole nitrogens is 2. The molecular weight excluding hydrogens is 270 g/mol. The maximum absolute atomic E-state index is 11.3. The molecule has 0 aliphatic rings. The summed E-state index contributed by atoms with van der Waals surface area (Å²) in [5, 5.41) is 0. The van der Waals surface area contributed by atoms with Crippen LogP contribution in [0.25, 0.3) is 11.0 Å². The molecule has 3 rings (SSSR count). The number of thioether (sulfide) groups is 1. The van der Waals surface area contributed by atoms with E-state index in [2.05, 4.69) is 22.1 Å². The molecule has 102 valence electrons. The van der Waals surface area contributed by atoms with E-state index in [1.54, 1.807) is 11.8 Å². The molecule has 1 aromatic heterocycles. The van der Waals surface area contributed by atoms with Crippen LogP contribution in [0.1, 0.15) is 17.2 Å². The van der Waals surface area contributed by atoms with Gasteiger partial charge in [-0.25, -0.2) is 4.79 Å². The zero-order valence-corrected chi connectivity index (χ0v) is 11.8. The Bertz CT molecular complexity index is 789. The van der Waals surface area contributed by atoms with Crippen LogP contribution in [-0.4, -0.2) is 16.2 Å². The first-order chi connectivity index (χ1) is 9.67. The van der Waals surface area contributed by atoms with Crippen molar-refractivity contribution >= 4 is 22.8 Å². The van der Waals surface area contributed by atoms with Crippen molar-refractivity contribution in [3.05, 3.63) is 64.1 Å². The number of benzene rings is 2. The molecule has 0 fully saturated rings. The van der Waals surface area contributed by atoms with Gasteiger partial charge in [0, 0.05) is 4.90 Å². The van der Waals surface area contributed by atoms with Gasteiger partial charge in [-0.1, -0.05) is 18.2 Å². The standard InChI is InChI=1S/C15H15N3OS/c1-20-11-5-2-9(3-6-11)14(16)10-4-7-12-13(8-10)18-15(19)17-12/h2-8,14H,16H2,1H3,(H2,17,18,19). The van der Waals surface area contributed by atoms with Crippen LogP contribution in [0.5, 0.6) is 0 Å². The number of rotatable bonds is 3. The molecule has 1 atom stereocenters. The van der Waals surface area contributed by atoms with E-state index in [1.165, 1.54) is 4.90 Å². The molecule has 0 saturated carbocycles. The number of hydrogen-bond donors (Lipinski definition) is 3. The lowest BCUT2D eigenvalue weighted by molar-refractivity contribution is 0.871. The van der Waals surface area contributed by atoms with Gasteiger partial charge in [0.05, 0.1) is 17.1 Å². The Morgan fingerprint density at radius 2 is 1.65 bits per heavy atom. The van der Waals surface area contributed by atoms with Gasteiger partial charge in [0.2, 0.25) is 0 Å². The molecule has 0 amide bonds.